The average Bonchev–Trinajstić information content (AvgIpc) is 3.20. The highest BCUT2D eigenvalue weighted by molar-refractivity contribution is 7.89. The monoisotopic (exact) mass is 371 g/mol. The summed E-state index contributed by atoms with van der Waals surface area (Å²) in [7, 11) is -3.63. The third kappa shape index (κ3) is 3.59. The van der Waals surface area contributed by atoms with Crippen molar-refractivity contribution < 1.29 is 13.2 Å². The van der Waals surface area contributed by atoms with E-state index in [4.69, 9.17) is 17.3 Å². The van der Waals surface area contributed by atoms with Crippen LogP contribution in [0.4, 0.5) is 5.69 Å². The molecule has 0 aromatic heterocycles. The number of carbonyl (C=O) groups excluding carboxylic acids is 1. The van der Waals surface area contributed by atoms with Gasteiger partial charge in [0.2, 0.25) is 15.9 Å². The molecule has 1 aromatic rings. The molecular formula is C16H22ClN3O3S. The average molecular weight is 372 g/mol. The van der Waals surface area contributed by atoms with E-state index in [1.807, 2.05) is 0 Å². The van der Waals surface area contributed by atoms with Crippen molar-refractivity contribution >= 4 is 33.2 Å². The number of rotatable bonds is 4. The molecule has 24 heavy (non-hydrogen) atoms. The van der Waals surface area contributed by atoms with E-state index in [0.717, 1.165) is 25.7 Å². The van der Waals surface area contributed by atoms with Gasteiger partial charge < -0.3 is 11.1 Å². The second kappa shape index (κ2) is 7.00. The van der Waals surface area contributed by atoms with Gasteiger partial charge in [0.05, 0.1) is 5.02 Å². The van der Waals surface area contributed by atoms with Crippen LogP contribution in [0.2, 0.25) is 5.02 Å². The van der Waals surface area contributed by atoms with Crippen molar-refractivity contribution in [2.45, 2.75) is 43.0 Å². The van der Waals surface area contributed by atoms with E-state index in [1.165, 1.54) is 16.4 Å². The molecule has 2 fully saturated rings. The number of anilines is 1. The summed E-state index contributed by atoms with van der Waals surface area (Å²) in [5.41, 5.74) is 6.29. The Labute approximate surface area is 147 Å². The standard InChI is InChI=1S/C16H22ClN3O3S/c17-14-6-5-13(19-16(21)11-3-4-12(18)9-11)10-15(14)24(22,23)20-7-1-2-8-20/h5-6,10-12H,1-4,7-9,18H2,(H,19,21). The van der Waals surface area contributed by atoms with Crippen molar-refractivity contribution in [2.24, 2.45) is 11.7 Å². The molecule has 3 rings (SSSR count). The molecule has 8 heteroatoms. The highest BCUT2D eigenvalue weighted by Crippen LogP contribution is 2.31. The number of hydrogen-bond acceptors (Lipinski definition) is 4. The predicted molar refractivity (Wildman–Crippen MR) is 93.4 cm³/mol. The fourth-order valence-corrected chi connectivity index (χ4v) is 5.36. The van der Waals surface area contributed by atoms with Crippen molar-refractivity contribution in [1.29, 1.82) is 0 Å². The Hall–Kier alpha value is -1.15. The number of carbonyl (C=O) groups is 1. The molecule has 1 saturated heterocycles. The molecule has 2 atom stereocenters. The van der Waals surface area contributed by atoms with Crippen LogP contribution in [-0.2, 0) is 14.8 Å². The summed E-state index contributed by atoms with van der Waals surface area (Å²) in [6, 6.07) is 4.65. The zero-order valence-electron chi connectivity index (χ0n) is 13.4. The second-order valence-corrected chi connectivity index (χ2v) is 8.83. The van der Waals surface area contributed by atoms with E-state index in [9.17, 15) is 13.2 Å². The minimum atomic E-state index is -3.63. The molecule has 1 aliphatic heterocycles. The quantitative estimate of drug-likeness (QED) is 0.848. The first-order valence-electron chi connectivity index (χ1n) is 8.24. The van der Waals surface area contributed by atoms with Gasteiger partial charge in [-0.3, -0.25) is 4.79 Å². The fraction of sp³-hybridized carbons (Fsp3) is 0.562. The Kier molecular flexibility index (Phi) is 5.15. The van der Waals surface area contributed by atoms with Gasteiger partial charge >= 0.3 is 0 Å². The molecule has 1 heterocycles. The fourth-order valence-electron chi connectivity index (χ4n) is 3.35. The van der Waals surface area contributed by atoms with E-state index in [2.05, 4.69) is 5.32 Å². The molecule has 0 spiro atoms. The molecule has 2 unspecified atom stereocenters. The van der Waals surface area contributed by atoms with E-state index >= 15 is 0 Å². The lowest BCUT2D eigenvalue weighted by atomic mass is 10.1. The zero-order chi connectivity index (χ0) is 17.3. The van der Waals surface area contributed by atoms with E-state index < -0.39 is 10.0 Å². The Balaban J connectivity index is 1.80. The van der Waals surface area contributed by atoms with Gasteiger partial charge in [-0.05, 0) is 50.3 Å². The minimum absolute atomic E-state index is 0.0481. The number of hydrogen-bond donors (Lipinski definition) is 2. The third-order valence-corrected chi connectivity index (χ3v) is 7.11. The summed E-state index contributed by atoms with van der Waals surface area (Å²) >= 11 is 6.11. The minimum Gasteiger partial charge on any atom is -0.328 e. The Morgan fingerprint density at radius 3 is 2.58 bits per heavy atom. The Morgan fingerprint density at radius 1 is 1.25 bits per heavy atom. The number of nitrogens with one attached hydrogen (secondary N) is 1. The van der Waals surface area contributed by atoms with Gasteiger partial charge in [0, 0.05) is 30.7 Å². The largest absolute Gasteiger partial charge is 0.328 e. The van der Waals surface area contributed by atoms with Crippen molar-refractivity contribution in [3.8, 4) is 0 Å². The zero-order valence-corrected chi connectivity index (χ0v) is 14.9. The van der Waals surface area contributed by atoms with Crippen LogP contribution in [0.3, 0.4) is 0 Å². The summed E-state index contributed by atoms with van der Waals surface area (Å²) in [5, 5.41) is 2.97. The number of nitrogens with two attached hydrogens (primary N) is 1. The van der Waals surface area contributed by atoms with Crippen molar-refractivity contribution in [2.75, 3.05) is 18.4 Å². The topological polar surface area (TPSA) is 92.5 Å². The number of amides is 1. The van der Waals surface area contributed by atoms with Gasteiger partial charge in [0.15, 0.2) is 0 Å². The summed E-state index contributed by atoms with van der Waals surface area (Å²) in [6.45, 7) is 1.02. The van der Waals surface area contributed by atoms with Crippen LogP contribution in [0.1, 0.15) is 32.1 Å². The molecule has 3 N–H and O–H groups in total. The maximum absolute atomic E-state index is 12.7. The highest BCUT2D eigenvalue weighted by atomic mass is 35.5. The number of sulfonamides is 1. The predicted octanol–water partition coefficient (Wildman–Crippen LogP) is 2.19. The van der Waals surface area contributed by atoms with Gasteiger partial charge in [-0.1, -0.05) is 11.6 Å². The highest BCUT2D eigenvalue weighted by Gasteiger charge is 2.30. The van der Waals surface area contributed by atoms with Gasteiger partial charge in [0.1, 0.15) is 4.90 Å². The molecule has 0 bridgehead atoms. The summed E-state index contributed by atoms with van der Waals surface area (Å²) in [4.78, 5) is 12.4. The first-order valence-corrected chi connectivity index (χ1v) is 10.1. The van der Waals surface area contributed by atoms with E-state index in [1.54, 1.807) is 6.07 Å². The number of benzene rings is 1. The van der Waals surface area contributed by atoms with Crippen LogP contribution in [0.25, 0.3) is 0 Å². The van der Waals surface area contributed by atoms with Gasteiger partial charge in [-0.25, -0.2) is 8.42 Å². The van der Waals surface area contributed by atoms with E-state index in [-0.39, 0.29) is 27.8 Å². The van der Waals surface area contributed by atoms with Crippen molar-refractivity contribution in [3.05, 3.63) is 23.2 Å². The maximum Gasteiger partial charge on any atom is 0.244 e. The van der Waals surface area contributed by atoms with Crippen molar-refractivity contribution in [1.82, 2.24) is 4.31 Å². The molecule has 132 valence electrons. The van der Waals surface area contributed by atoms with Crippen LogP contribution in [0.5, 0.6) is 0 Å². The molecule has 2 aliphatic rings. The van der Waals surface area contributed by atoms with Gasteiger partial charge in [-0.15, -0.1) is 0 Å². The maximum atomic E-state index is 12.7. The Bertz CT molecular complexity index is 732. The van der Waals surface area contributed by atoms with Crippen molar-refractivity contribution in [3.63, 3.8) is 0 Å². The Morgan fingerprint density at radius 2 is 1.96 bits per heavy atom. The van der Waals surface area contributed by atoms with Gasteiger partial charge in [0.25, 0.3) is 0 Å². The van der Waals surface area contributed by atoms with Crippen LogP contribution in [-0.4, -0.2) is 37.8 Å². The molecule has 1 aromatic carbocycles. The summed E-state index contributed by atoms with van der Waals surface area (Å²) in [5.74, 6) is -0.232. The molecule has 1 aliphatic carbocycles. The lowest BCUT2D eigenvalue weighted by Crippen LogP contribution is -2.28. The van der Waals surface area contributed by atoms with Crippen LogP contribution in [0, 0.1) is 5.92 Å². The molecule has 1 amide bonds. The SMILES string of the molecule is NC1CCC(C(=O)Nc2ccc(Cl)c(S(=O)(=O)N3CCCC3)c2)C1. The summed E-state index contributed by atoms with van der Waals surface area (Å²) < 4.78 is 26.8. The first-order chi connectivity index (χ1) is 11.4. The smallest absolute Gasteiger partial charge is 0.244 e. The molecule has 6 nitrogen and oxygen atoms in total. The summed E-state index contributed by atoms with van der Waals surface area (Å²) in [6.07, 6.45) is 3.98. The van der Waals surface area contributed by atoms with E-state index in [0.29, 0.717) is 25.2 Å². The van der Waals surface area contributed by atoms with Crippen LogP contribution < -0.4 is 11.1 Å². The lowest BCUT2D eigenvalue weighted by Gasteiger charge is -2.18. The van der Waals surface area contributed by atoms with Crippen LogP contribution in [0.15, 0.2) is 23.1 Å². The van der Waals surface area contributed by atoms with Crippen LogP contribution >= 0.6 is 11.6 Å². The number of halogens is 1. The normalized spacial score (nSPS) is 25.1. The van der Waals surface area contributed by atoms with Gasteiger partial charge in [-0.2, -0.15) is 4.31 Å². The molecular weight excluding hydrogens is 350 g/mol. The second-order valence-electron chi connectivity index (χ2n) is 6.52. The molecule has 0 radical (unpaired) electrons. The molecule has 1 saturated carbocycles. The number of nitrogens with zero attached hydrogens (tertiary/aromatic N) is 1. The lowest BCUT2D eigenvalue weighted by molar-refractivity contribution is -0.119. The third-order valence-electron chi connectivity index (χ3n) is 4.73. The first kappa shape index (κ1) is 17.7.